The molecule has 0 radical (unpaired) electrons. The first-order valence-corrected chi connectivity index (χ1v) is 13.3. The number of methoxy groups -OCH3 is 2. The Kier molecular flexibility index (Phi) is 10.8. The lowest BCUT2D eigenvalue weighted by molar-refractivity contribution is -0.118. The van der Waals surface area contributed by atoms with Gasteiger partial charge in [-0.15, -0.1) is 24.2 Å². The first-order valence-electron chi connectivity index (χ1n) is 11.1. The van der Waals surface area contributed by atoms with Crippen LogP contribution >= 0.6 is 47.1 Å². The first kappa shape index (κ1) is 27.8. The maximum atomic E-state index is 13.4. The van der Waals surface area contributed by atoms with E-state index in [1.165, 1.54) is 11.3 Å². The van der Waals surface area contributed by atoms with Gasteiger partial charge in [0.25, 0.3) is 0 Å². The molecule has 1 aliphatic heterocycles. The summed E-state index contributed by atoms with van der Waals surface area (Å²) in [5, 5.41) is 1.25. The predicted octanol–water partition coefficient (Wildman–Crippen LogP) is 5.24. The summed E-state index contributed by atoms with van der Waals surface area (Å²) in [5.41, 5.74) is 0.687. The molecular weight excluding hydrogens is 529 g/mol. The van der Waals surface area contributed by atoms with Crippen molar-refractivity contribution in [3.8, 4) is 11.5 Å². The lowest BCUT2D eigenvalue weighted by Gasteiger charge is -2.29. The van der Waals surface area contributed by atoms with Gasteiger partial charge in [0.2, 0.25) is 5.91 Å². The van der Waals surface area contributed by atoms with Gasteiger partial charge in [-0.05, 0) is 36.4 Å². The van der Waals surface area contributed by atoms with Crippen LogP contribution in [0.4, 0.5) is 5.13 Å². The number of anilines is 1. The number of ether oxygens (including phenoxy) is 3. The molecule has 1 aromatic heterocycles. The Morgan fingerprint density at radius 3 is 2.60 bits per heavy atom. The molecule has 1 fully saturated rings. The molecule has 35 heavy (non-hydrogen) atoms. The summed E-state index contributed by atoms with van der Waals surface area (Å²) in [4.78, 5) is 23.4. The molecule has 0 N–H and O–H groups in total. The van der Waals surface area contributed by atoms with E-state index in [9.17, 15) is 4.79 Å². The maximum Gasteiger partial charge on any atom is 0.229 e. The molecule has 0 spiro atoms. The van der Waals surface area contributed by atoms with Crippen molar-refractivity contribution >= 4 is 68.4 Å². The SMILES string of the molecule is COc1ccc(SCCC(=O)N(CCN2CCOCC2)c2nc3c(OC)ccc(Cl)c3s2)cc1.Cl. The molecule has 2 aromatic carbocycles. The van der Waals surface area contributed by atoms with E-state index < -0.39 is 0 Å². The van der Waals surface area contributed by atoms with Crippen LogP contribution in [-0.4, -0.2) is 75.2 Å². The van der Waals surface area contributed by atoms with Gasteiger partial charge in [0.05, 0.1) is 37.2 Å². The second kappa shape index (κ2) is 13.5. The van der Waals surface area contributed by atoms with Crippen molar-refractivity contribution in [3.63, 3.8) is 0 Å². The number of amides is 1. The van der Waals surface area contributed by atoms with Gasteiger partial charge >= 0.3 is 0 Å². The van der Waals surface area contributed by atoms with Gasteiger partial charge in [0.15, 0.2) is 5.13 Å². The Bertz CT molecular complexity index is 1110. The van der Waals surface area contributed by atoms with Crippen molar-refractivity contribution in [3.05, 3.63) is 41.4 Å². The fraction of sp³-hybridized carbons (Fsp3) is 0.417. The molecule has 0 saturated carbocycles. The zero-order valence-electron chi connectivity index (χ0n) is 19.7. The Morgan fingerprint density at radius 1 is 1.17 bits per heavy atom. The summed E-state index contributed by atoms with van der Waals surface area (Å²) in [6, 6.07) is 11.5. The Morgan fingerprint density at radius 2 is 1.91 bits per heavy atom. The number of hydrogen-bond donors (Lipinski definition) is 0. The smallest absolute Gasteiger partial charge is 0.229 e. The summed E-state index contributed by atoms with van der Waals surface area (Å²) >= 11 is 9.51. The lowest BCUT2D eigenvalue weighted by atomic mass is 10.3. The van der Waals surface area contributed by atoms with Crippen LogP contribution in [0, 0.1) is 0 Å². The van der Waals surface area contributed by atoms with Gasteiger partial charge < -0.3 is 14.2 Å². The minimum Gasteiger partial charge on any atom is -0.497 e. The van der Waals surface area contributed by atoms with Crippen LogP contribution in [0.5, 0.6) is 11.5 Å². The average molecular weight is 559 g/mol. The number of aromatic nitrogens is 1. The van der Waals surface area contributed by atoms with Gasteiger partial charge in [-0.1, -0.05) is 22.9 Å². The molecule has 1 aliphatic rings. The molecule has 190 valence electrons. The monoisotopic (exact) mass is 557 g/mol. The normalized spacial score (nSPS) is 13.9. The van der Waals surface area contributed by atoms with E-state index in [1.807, 2.05) is 24.3 Å². The molecule has 4 rings (SSSR count). The van der Waals surface area contributed by atoms with Crippen LogP contribution in [-0.2, 0) is 9.53 Å². The number of thiazole rings is 1. The summed E-state index contributed by atoms with van der Waals surface area (Å²) < 4.78 is 17.0. The zero-order chi connectivity index (χ0) is 23.9. The van der Waals surface area contributed by atoms with E-state index in [0.717, 1.165) is 48.2 Å². The van der Waals surface area contributed by atoms with Gasteiger partial charge in [-0.2, -0.15) is 0 Å². The highest BCUT2D eigenvalue weighted by Crippen LogP contribution is 2.39. The molecule has 7 nitrogen and oxygen atoms in total. The molecule has 2 heterocycles. The number of hydrogen-bond acceptors (Lipinski definition) is 8. The van der Waals surface area contributed by atoms with Crippen molar-refractivity contribution < 1.29 is 19.0 Å². The highest BCUT2D eigenvalue weighted by atomic mass is 35.5. The Labute approximate surface area is 225 Å². The standard InChI is InChI=1S/C24H28ClN3O4S2.ClH/c1-30-17-3-5-18(6-4-17)33-16-9-21(29)28(11-10-27-12-14-32-15-13-27)24-26-22-20(31-2)8-7-19(25)23(22)34-24;/h3-8H,9-16H2,1-2H3;1H. The zero-order valence-corrected chi connectivity index (χ0v) is 22.9. The molecular formula is C24H29Cl2N3O4S2. The van der Waals surface area contributed by atoms with Crippen LogP contribution in [0.1, 0.15) is 6.42 Å². The molecule has 3 aromatic rings. The summed E-state index contributed by atoms with van der Waals surface area (Å²) in [5.74, 6) is 2.19. The fourth-order valence-corrected chi connectivity index (χ4v) is 5.82. The van der Waals surface area contributed by atoms with Crippen LogP contribution in [0.3, 0.4) is 0 Å². The molecule has 1 saturated heterocycles. The maximum absolute atomic E-state index is 13.4. The fourth-order valence-electron chi connectivity index (χ4n) is 3.68. The number of rotatable bonds is 10. The van der Waals surface area contributed by atoms with E-state index in [0.29, 0.717) is 40.1 Å². The van der Waals surface area contributed by atoms with E-state index in [4.69, 9.17) is 30.8 Å². The number of halogens is 2. The first-order chi connectivity index (χ1) is 16.6. The van der Waals surface area contributed by atoms with Crippen molar-refractivity contribution in [2.24, 2.45) is 0 Å². The summed E-state index contributed by atoms with van der Waals surface area (Å²) in [7, 11) is 3.26. The Balaban J connectivity index is 0.00000342. The molecule has 0 aliphatic carbocycles. The largest absolute Gasteiger partial charge is 0.497 e. The second-order valence-corrected chi connectivity index (χ2v) is 10.3. The number of benzene rings is 2. The minimum atomic E-state index is 0. The molecule has 1 amide bonds. The van der Waals surface area contributed by atoms with Gasteiger partial charge in [-0.3, -0.25) is 14.6 Å². The molecule has 0 bridgehead atoms. The van der Waals surface area contributed by atoms with Crippen LogP contribution in [0.15, 0.2) is 41.3 Å². The topological polar surface area (TPSA) is 64.1 Å². The van der Waals surface area contributed by atoms with Crippen LogP contribution < -0.4 is 14.4 Å². The predicted molar refractivity (Wildman–Crippen MR) is 146 cm³/mol. The quantitative estimate of drug-likeness (QED) is 0.316. The number of nitrogens with zero attached hydrogens (tertiary/aromatic N) is 3. The van der Waals surface area contributed by atoms with E-state index in [2.05, 4.69) is 4.90 Å². The Hall–Kier alpha value is -1.75. The van der Waals surface area contributed by atoms with Gasteiger partial charge in [-0.25, -0.2) is 4.98 Å². The summed E-state index contributed by atoms with van der Waals surface area (Å²) in [6.07, 6.45) is 0.403. The van der Waals surface area contributed by atoms with Crippen molar-refractivity contribution in [2.75, 3.05) is 64.3 Å². The van der Waals surface area contributed by atoms with E-state index in [1.54, 1.807) is 43.0 Å². The second-order valence-electron chi connectivity index (χ2n) is 7.70. The minimum absolute atomic E-state index is 0. The number of fused-ring (bicyclic) bond motifs is 1. The van der Waals surface area contributed by atoms with Crippen LogP contribution in [0.2, 0.25) is 5.02 Å². The third-order valence-electron chi connectivity index (χ3n) is 5.59. The number of carbonyl (C=O) groups excluding carboxylic acids is 1. The van der Waals surface area contributed by atoms with Gasteiger partial charge in [0, 0.05) is 43.2 Å². The summed E-state index contributed by atoms with van der Waals surface area (Å²) in [6.45, 7) is 4.51. The molecule has 0 atom stereocenters. The average Bonchev–Trinajstić information content (AvgIpc) is 3.31. The lowest BCUT2D eigenvalue weighted by Crippen LogP contribution is -2.43. The van der Waals surface area contributed by atoms with Crippen molar-refractivity contribution in [1.29, 1.82) is 0 Å². The highest BCUT2D eigenvalue weighted by Gasteiger charge is 2.23. The van der Waals surface area contributed by atoms with Gasteiger partial charge in [0.1, 0.15) is 17.0 Å². The van der Waals surface area contributed by atoms with E-state index >= 15 is 0 Å². The van der Waals surface area contributed by atoms with E-state index in [-0.39, 0.29) is 18.3 Å². The third-order valence-corrected chi connectivity index (χ3v) is 8.14. The molecule has 11 heteroatoms. The third kappa shape index (κ3) is 7.15. The van der Waals surface area contributed by atoms with Crippen molar-refractivity contribution in [1.82, 2.24) is 9.88 Å². The molecule has 0 unspecified atom stereocenters. The number of morpholine rings is 1. The highest BCUT2D eigenvalue weighted by molar-refractivity contribution is 7.99. The van der Waals surface area contributed by atoms with Crippen molar-refractivity contribution in [2.45, 2.75) is 11.3 Å². The number of carbonyl (C=O) groups is 1. The number of thioether (sulfide) groups is 1. The van der Waals surface area contributed by atoms with Crippen LogP contribution in [0.25, 0.3) is 10.2 Å².